The van der Waals surface area contributed by atoms with Gasteiger partial charge in [-0.05, 0) is 36.8 Å². The van der Waals surface area contributed by atoms with Gasteiger partial charge in [0.2, 0.25) is 5.91 Å². The van der Waals surface area contributed by atoms with Crippen LogP contribution in [-0.4, -0.2) is 17.9 Å². The Labute approximate surface area is 154 Å². The van der Waals surface area contributed by atoms with Gasteiger partial charge in [0.15, 0.2) is 17.7 Å². The minimum absolute atomic E-state index is 0.0562. The fourth-order valence-corrected chi connectivity index (χ4v) is 2.45. The quantitative estimate of drug-likeness (QED) is 0.777. The second-order valence-electron chi connectivity index (χ2n) is 5.10. The molecule has 0 fully saturated rings. The van der Waals surface area contributed by atoms with Crippen LogP contribution in [0.25, 0.3) is 0 Å². The number of halogens is 3. The lowest BCUT2D eigenvalue weighted by Crippen LogP contribution is -2.47. The summed E-state index contributed by atoms with van der Waals surface area (Å²) in [5.41, 5.74) is 4.90. The lowest BCUT2D eigenvalue weighted by atomic mass is 10.1. The summed E-state index contributed by atoms with van der Waals surface area (Å²) < 4.78 is 18.7. The van der Waals surface area contributed by atoms with Crippen LogP contribution in [0.2, 0.25) is 10.0 Å². The van der Waals surface area contributed by atoms with E-state index >= 15 is 0 Å². The molecule has 8 heteroatoms. The highest BCUT2D eigenvalue weighted by molar-refractivity contribution is 6.36. The molecule has 0 spiro atoms. The maximum absolute atomic E-state index is 13.5. The van der Waals surface area contributed by atoms with Gasteiger partial charge in [-0.1, -0.05) is 41.4 Å². The van der Waals surface area contributed by atoms with Gasteiger partial charge in [0.05, 0.1) is 6.42 Å². The molecule has 2 N–H and O–H groups in total. The smallest absolute Gasteiger partial charge is 0.279 e. The van der Waals surface area contributed by atoms with Crippen LogP contribution in [-0.2, 0) is 16.0 Å². The first-order valence-corrected chi connectivity index (χ1v) is 8.07. The Kier molecular flexibility index (Phi) is 6.61. The van der Waals surface area contributed by atoms with E-state index in [2.05, 4.69) is 10.9 Å². The monoisotopic (exact) mass is 384 g/mol. The normalized spacial score (nSPS) is 11.5. The number of carbonyl (C=O) groups excluding carboxylic acids is 2. The summed E-state index contributed by atoms with van der Waals surface area (Å²) in [6, 6.07) is 10.6. The molecular formula is C17H15Cl2FN2O3. The molecule has 25 heavy (non-hydrogen) atoms. The molecule has 0 saturated carbocycles. The molecule has 0 radical (unpaired) electrons. The summed E-state index contributed by atoms with van der Waals surface area (Å²) in [4.78, 5) is 23.8. The molecule has 2 amide bonds. The van der Waals surface area contributed by atoms with Crippen molar-refractivity contribution >= 4 is 35.0 Å². The van der Waals surface area contributed by atoms with Gasteiger partial charge in [-0.2, -0.15) is 0 Å². The van der Waals surface area contributed by atoms with Crippen LogP contribution in [0, 0.1) is 5.82 Å². The second-order valence-corrected chi connectivity index (χ2v) is 5.92. The van der Waals surface area contributed by atoms with E-state index < -0.39 is 23.7 Å². The fourth-order valence-electron chi connectivity index (χ4n) is 1.92. The standard InChI is InChI=1S/C17H15Cl2FN2O3/c1-10(25-15-8-3-2-7-14(15)20)17(24)22-21-16(23)9-11-12(18)5-4-6-13(11)19/h2-8,10H,9H2,1H3,(H,21,23)(H,22,24)/t10-/m1/s1. The van der Waals surface area contributed by atoms with Crippen molar-refractivity contribution in [2.75, 3.05) is 0 Å². The molecular weight excluding hydrogens is 370 g/mol. The maximum atomic E-state index is 13.5. The summed E-state index contributed by atoms with van der Waals surface area (Å²) in [6.07, 6.45) is -1.12. The number of amides is 2. The van der Waals surface area contributed by atoms with E-state index in [-0.39, 0.29) is 12.2 Å². The van der Waals surface area contributed by atoms with Crippen molar-refractivity contribution in [1.29, 1.82) is 0 Å². The molecule has 0 aliphatic rings. The van der Waals surface area contributed by atoms with Crippen LogP contribution < -0.4 is 15.6 Å². The second kappa shape index (κ2) is 8.69. The molecule has 2 rings (SSSR count). The zero-order valence-corrected chi connectivity index (χ0v) is 14.7. The van der Waals surface area contributed by atoms with E-state index in [9.17, 15) is 14.0 Å². The van der Waals surface area contributed by atoms with Crippen LogP contribution in [0.1, 0.15) is 12.5 Å². The molecule has 132 valence electrons. The van der Waals surface area contributed by atoms with Gasteiger partial charge < -0.3 is 4.74 Å². The number of benzene rings is 2. The number of hydrogen-bond donors (Lipinski definition) is 2. The van der Waals surface area contributed by atoms with Gasteiger partial charge in [0.25, 0.3) is 5.91 Å². The average Bonchev–Trinajstić information content (AvgIpc) is 2.58. The molecule has 1 atom stereocenters. The van der Waals surface area contributed by atoms with Crippen LogP contribution in [0.15, 0.2) is 42.5 Å². The van der Waals surface area contributed by atoms with Crippen LogP contribution >= 0.6 is 23.2 Å². The van der Waals surface area contributed by atoms with Gasteiger partial charge in [-0.15, -0.1) is 0 Å². The van der Waals surface area contributed by atoms with Crippen molar-refractivity contribution < 1.29 is 18.7 Å². The van der Waals surface area contributed by atoms with Gasteiger partial charge in [0.1, 0.15) is 0 Å². The van der Waals surface area contributed by atoms with Crippen LogP contribution in [0.3, 0.4) is 0 Å². The summed E-state index contributed by atoms with van der Waals surface area (Å²) in [5.74, 6) is -1.79. The number of rotatable bonds is 5. The third-order valence-electron chi connectivity index (χ3n) is 3.23. The van der Waals surface area contributed by atoms with E-state index in [4.69, 9.17) is 27.9 Å². The Morgan fingerprint density at radius 1 is 1.08 bits per heavy atom. The Balaban J connectivity index is 1.87. The highest BCUT2D eigenvalue weighted by Crippen LogP contribution is 2.24. The molecule has 5 nitrogen and oxygen atoms in total. The zero-order valence-electron chi connectivity index (χ0n) is 13.2. The number of para-hydroxylation sites is 1. The molecule has 0 aliphatic carbocycles. The van der Waals surface area contributed by atoms with E-state index in [1.165, 1.54) is 25.1 Å². The number of hydrogen-bond acceptors (Lipinski definition) is 3. The molecule has 0 aliphatic heterocycles. The van der Waals surface area contributed by atoms with E-state index in [1.54, 1.807) is 24.3 Å². The van der Waals surface area contributed by atoms with Crippen molar-refractivity contribution in [1.82, 2.24) is 10.9 Å². The average molecular weight is 385 g/mol. The first-order valence-electron chi connectivity index (χ1n) is 7.31. The predicted octanol–water partition coefficient (Wildman–Crippen LogP) is 3.29. The number of nitrogens with one attached hydrogen (secondary N) is 2. The Morgan fingerprint density at radius 3 is 2.36 bits per heavy atom. The van der Waals surface area contributed by atoms with Crippen molar-refractivity contribution in [3.8, 4) is 5.75 Å². The zero-order chi connectivity index (χ0) is 18.4. The molecule has 0 aromatic heterocycles. The first kappa shape index (κ1) is 19.0. The SMILES string of the molecule is C[C@@H](Oc1ccccc1F)C(=O)NNC(=O)Cc1c(Cl)cccc1Cl. The van der Waals surface area contributed by atoms with E-state index in [1.807, 2.05) is 0 Å². The number of carbonyl (C=O) groups is 2. The fraction of sp³-hybridized carbons (Fsp3) is 0.176. The lowest BCUT2D eigenvalue weighted by Gasteiger charge is -2.15. The summed E-state index contributed by atoms with van der Waals surface area (Å²) in [6.45, 7) is 1.43. The number of hydrazine groups is 1. The van der Waals surface area contributed by atoms with Crippen LogP contribution in [0.4, 0.5) is 4.39 Å². The lowest BCUT2D eigenvalue weighted by molar-refractivity contribution is -0.132. The summed E-state index contributed by atoms with van der Waals surface area (Å²) in [7, 11) is 0. The predicted molar refractivity (Wildman–Crippen MR) is 92.9 cm³/mol. The van der Waals surface area contributed by atoms with Gasteiger partial charge in [0, 0.05) is 10.0 Å². The maximum Gasteiger partial charge on any atom is 0.279 e. The molecule has 2 aromatic rings. The molecule has 0 heterocycles. The van der Waals surface area contributed by atoms with E-state index in [0.29, 0.717) is 15.6 Å². The van der Waals surface area contributed by atoms with Gasteiger partial charge in [-0.25, -0.2) is 4.39 Å². The Bertz CT molecular complexity index is 766. The minimum Gasteiger partial charge on any atom is -0.478 e. The molecule has 0 unspecified atom stereocenters. The highest BCUT2D eigenvalue weighted by atomic mass is 35.5. The summed E-state index contributed by atoms with van der Waals surface area (Å²) >= 11 is 12.0. The Hall–Kier alpha value is -2.31. The molecule has 2 aromatic carbocycles. The van der Waals surface area contributed by atoms with Crippen molar-refractivity contribution in [2.24, 2.45) is 0 Å². The highest BCUT2D eigenvalue weighted by Gasteiger charge is 2.17. The summed E-state index contributed by atoms with van der Waals surface area (Å²) in [5, 5.41) is 0.704. The van der Waals surface area contributed by atoms with Crippen molar-refractivity contribution in [2.45, 2.75) is 19.4 Å². The Morgan fingerprint density at radius 2 is 1.72 bits per heavy atom. The van der Waals surface area contributed by atoms with Crippen LogP contribution in [0.5, 0.6) is 5.75 Å². The topological polar surface area (TPSA) is 67.4 Å². The third-order valence-corrected chi connectivity index (χ3v) is 3.94. The van der Waals surface area contributed by atoms with Gasteiger partial charge >= 0.3 is 0 Å². The van der Waals surface area contributed by atoms with Gasteiger partial charge in [-0.3, -0.25) is 20.4 Å². The van der Waals surface area contributed by atoms with E-state index in [0.717, 1.165) is 0 Å². The van der Waals surface area contributed by atoms with Crippen molar-refractivity contribution in [3.63, 3.8) is 0 Å². The molecule has 0 bridgehead atoms. The largest absolute Gasteiger partial charge is 0.478 e. The third kappa shape index (κ3) is 5.34. The first-order chi connectivity index (χ1) is 11.9. The minimum atomic E-state index is -1.01. The molecule has 0 saturated heterocycles. The van der Waals surface area contributed by atoms with Crippen molar-refractivity contribution in [3.05, 3.63) is 63.9 Å². The number of ether oxygens (including phenoxy) is 1.